The number of nitrogens with two attached hydrogens (primary N) is 1. The van der Waals surface area contributed by atoms with Crippen molar-refractivity contribution >= 4 is 17.5 Å². The lowest BCUT2D eigenvalue weighted by molar-refractivity contribution is -0.135. The molecular formula is C10H17ClN2O2. The standard InChI is InChI=1S/C10H17ClN2O2/c1-8(11)6-13-9(14)10(7-12)2-4-15-5-3-10/h1-7,12H2,(H,13,14). The molecule has 15 heavy (non-hydrogen) atoms. The van der Waals surface area contributed by atoms with E-state index in [4.69, 9.17) is 22.1 Å². The lowest BCUT2D eigenvalue weighted by Crippen LogP contribution is -2.49. The fourth-order valence-electron chi connectivity index (χ4n) is 1.65. The molecule has 1 fully saturated rings. The first-order valence-corrected chi connectivity index (χ1v) is 5.38. The zero-order chi connectivity index (χ0) is 11.3. The molecule has 0 atom stereocenters. The molecule has 1 aliphatic rings. The highest BCUT2D eigenvalue weighted by atomic mass is 35.5. The second kappa shape index (κ2) is 5.49. The van der Waals surface area contributed by atoms with Gasteiger partial charge in [-0.25, -0.2) is 0 Å². The Morgan fingerprint density at radius 3 is 2.60 bits per heavy atom. The Balaban J connectivity index is 2.55. The monoisotopic (exact) mass is 232 g/mol. The molecule has 86 valence electrons. The molecule has 0 unspecified atom stereocenters. The molecule has 0 saturated carbocycles. The van der Waals surface area contributed by atoms with Gasteiger partial charge in [0, 0.05) is 24.8 Å². The molecule has 0 aromatic rings. The van der Waals surface area contributed by atoms with Gasteiger partial charge in [0.15, 0.2) is 0 Å². The van der Waals surface area contributed by atoms with Gasteiger partial charge in [-0.15, -0.1) is 0 Å². The third kappa shape index (κ3) is 3.19. The zero-order valence-electron chi connectivity index (χ0n) is 8.72. The molecule has 0 aromatic heterocycles. The second-order valence-corrected chi connectivity index (χ2v) is 4.33. The maximum atomic E-state index is 11.9. The minimum absolute atomic E-state index is 0.0462. The number of nitrogens with one attached hydrogen (secondary N) is 1. The topological polar surface area (TPSA) is 64.4 Å². The van der Waals surface area contributed by atoms with Gasteiger partial charge in [0.1, 0.15) is 0 Å². The van der Waals surface area contributed by atoms with Crippen LogP contribution in [0.2, 0.25) is 0 Å². The summed E-state index contributed by atoms with van der Waals surface area (Å²) in [6.45, 7) is 5.33. The summed E-state index contributed by atoms with van der Waals surface area (Å²) in [7, 11) is 0. The molecule has 1 aliphatic heterocycles. The van der Waals surface area contributed by atoms with Gasteiger partial charge in [-0.05, 0) is 12.8 Å². The fourth-order valence-corrected chi connectivity index (χ4v) is 1.72. The number of amides is 1. The van der Waals surface area contributed by atoms with Crippen LogP contribution in [-0.2, 0) is 9.53 Å². The van der Waals surface area contributed by atoms with Crippen molar-refractivity contribution < 1.29 is 9.53 Å². The highest BCUT2D eigenvalue weighted by molar-refractivity contribution is 6.29. The van der Waals surface area contributed by atoms with Crippen molar-refractivity contribution in [2.45, 2.75) is 12.8 Å². The van der Waals surface area contributed by atoms with Crippen LogP contribution in [0.3, 0.4) is 0 Å². The lowest BCUT2D eigenvalue weighted by atomic mass is 9.79. The Bertz CT molecular complexity index is 250. The minimum atomic E-state index is -0.482. The molecule has 1 amide bonds. The van der Waals surface area contributed by atoms with Crippen molar-refractivity contribution in [3.05, 3.63) is 11.6 Å². The highest BCUT2D eigenvalue weighted by Crippen LogP contribution is 2.29. The number of hydrogen-bond donors (Lipinski definition) is 2. The molecule has 0 spiro atoms. The number of ether oxygens (including phenoxy) is 1. The van der Waals surface area contributed by atoms with E-state index in [2.05, 4.69) is 11.9 Å². The predicted molar refractivity (Wildman–Crippen MR) is 59.5 cm³/mol. The van der Waals surface area contributed by atoms with Crippen LogP contribution in [0.25, 0.3) is 0 Å². The summed E-state index contributed by atoms with van der Waals surface area (Å²) >= 11 is 5.58. The number of halogens is 1. The van der Waals surface area contributed by atoms with Crippen LogP contribution >= 0.6 is 11.6 Å². The summed E-state index contributed by atoms with van der Waals surface area (Å²) in [6, 6.07) is 0. The SMILES string of the molecule is C=C(Cl)CNC(=O)C1(CN)CCOCC1. The molecule has 0 aromatic carbocycles. The van der Waals surface area contributed by atoms with E-state index in [1.165, 1.54) is 0 Å². The maximum Gasteiger partial charge on any atom is 0.227 e. The first-order valence-electron chi connectivity index (χ1n) is 5.00. The van der Waals surface area contributed by atoms with Crippen LogP contribution in [-0.4, -0.2) is 32.2 Å². The van der Waals surface area contributed by atoms with Gasteiger partial charge in [-0.3, -0.25) is 4.79 Å². The van der Waals surface area contributed by atoms with E-state index >= 15 is 0 Å². The maximum absolute atomic E-state index is 11.9. The predicted octanol–water partition coefficient (Wildman–Crippen LogP) is 0.611. The van der Waals surface area contributed by atoms with Crippen LogP contribution in [0.5, 0.6) is 0 Å². The lowest BCUT2D eigenvalue weighted by Gasteiger charge is -2.34. The largest absolute Gasteiger partial charge is 0.381 e. The molecule has 4 nitrogen and oxygen atoms in total. The van der Waals surface area contributed by atoms with Crippen molar-refractivity contribution in [1.29, 1.82) is 0 Å². The number of hydrogen-bond acceptors (Lipinski definition) is 3. The first kappa shape index (κ1) is 12.5. The minimum Gasteiger partial charge on any atom is -0.381 e. The number of carbonyl (C=O) groups is 1. The Kier molecular flexibility index (Phi) is 4.57. The van der Waals surface area contributed by atoms with Gasteiger partial charge in [-0.2, -0.15) is 0 Å². The average molecular weight is 233 g/mol. The van der Waals surface area contributed by atoms with Gasteiger partial charge < -0.3 is 15.8 Å². The van der Waals surface area contributed by atoms with Gasteiger partial charge in [-0.1, -0.05) is 18.2 Å². The van der Waals surface area contributed by atoms with E-state index in [0.29, 0.717) is 44.2 Å². The van der Waals surface area contributed by atoms with Crippen LogP contribution in [0.15, 0.2) is 11.6 Å². The van der Waals surface area contributed by atoms with Gasteiger partial charge >= 0.3 is 0 Å². The van der Waals surface area contributed by atoms with Crippen LogP contribution < -0.4 is 11.1 Å². The molecule has 0 aliphatic carbocycles. The summed E-state index contributed by atoms with van der Waals surface area (Å²) in [5, 5.41) is 3.16. The Labute approximate surface area is 94.8 Å². The van der Waals surface area contributed by atoms with E-state index in [9.17, 15) is 4.79 Å². The van der Waals surface area contributed by atoms with Gasteiger partial charge in [0.05, 0.1) is 12.0 Å². The Morgan fingerprint density at radius 1 is 1.53 bits per heavy atom. The number of rotatable bonds is 4. The Hall–Kier alpha value is -0.580. The van der Waals surface area contributed by atoms with E-state index in [1.807, 2.05) is 0 Å². The van der Waals surface area contributed by atoms with Crippen LogP contribution in [0.4, 0.5) is 0 Å². The molecule has 0 radical (unpaired) electrons. The summed E-state index contributed by atoms with van der Waals surface area (Å²) in [5.74, 6) is -0.0462. The summed E-state index contributed by atoms with van der Waals surface area (Å²) < 4.78 is 5.22. The second-order valence-electron chi connectivity index (χ2n) is 3.80. The average Bonchev–Trinajstić information content (AvgIpc) is 2.26. The van der Waals surface area contributed by atoms with Crippen molar-refractivity contribution in [1.82, 2.24) is 5.32 Å². The van der Waals surface area contributed by atoms with Crippen LogP contribution in [0.1, 0.15) is 12.8 Å². The van der Waals surface area contributed by atoms with E-state index in [1.54, 1.807) is 0 Å². The molecule has 3 N–H and O–H groups in total. The van der Waals surface area contributed by atoms with Gasteiger partial charge in [0.25, 0.3) is 0 Å². The van der Waals surface area contributed by atoms with Crippen molar-refractivity contribution in [3.63, 3.8) is 0 Å². The fraction of sp³-hybridized carbons (Fsp3) is 0.700. The van der Waals surface area contributed by atoms with Crippen LogP contribution in [0, 0.1) is 5.41 Å². The van der Waals surface area contributed by atoms with Gasteiger partial charge in [0.2, 0.25) is 5.91 Å². The van der Waals surface area contributed by atoms with Crippen molar-refractivity contribution in [3.8, 4) is 0 Å². The van der Waals surface area contributed by atoms with E-state index in [0.717, 1.165) is 0 Å². The third-order valence-corrected chi connectivity index (χ3v) is 2.90. The Morgan fingerprint density at radius 2 is 2.13 bits per heavy atom. The molecular weight excluding hydrogens is 216 g/mol. The van der Waals surface area contributed by atoms with E-state index in [-0.39, 0.29) is 5.91 Å². The van der Waals surface area contributed by atoms with Crippen molar-refractivity contribution in [2.75, 3.05) is 26.3 Å². The summed E-state index contributed by atoms with van der Waals surface area (Å²) in [5.41, 5.74) is 5.19. The van der Waals surface area contributed by atoms with E-state index < -0.39 is 5.41 Å². The summed E-state index contributed by atoms with van der Waals surface area (Å²) in [4.78, 5) is 11.9. The normalized spacial score (nSPS) is 19.6. The highest BCUT2D eigenvalue weighted by Gasteiger charge is 2.38. The number of carbonyl (C=O) groups excluding carboxylic acids is 1. The van der Waals surface area contributed by atoms with Crippen molar-refractivity contribution in [2.24, 2.45) is 11.1 Å². The zero-order valence-corrected chi connectivity index (χ0v) is 9.48. The quantitative estimate of drug-likeness (QED) is 0.747. The third-order valence-electron chi connectivity index (χ3n) is 2.76. The molecule has 5 heteroatoms. The summed E-state index contributed by atoms with van der Waals surface area (Å²) in [6.07, 6.45) is 1.34. The molecule has 1 saturated heterocycles. The first-order chi connectivity index (χ1) is 7.10. The molecule has 1 rings (SSSR count). The molecule has 1 heterocycles. The smallest absolute Gasteiger partial charge is 0.227 e. The molecule has 0 bridgehead atoms.